The fourth-order valence-corrected chi connectivity index (χ4v) is 4.63. The largest absolute Gasteiger partial charge is 0.496 e. The summed E-state index contributed by atoms with van der Waals surface area (Å²) in [5, 5.41) is 4.33. The minimum Gasteiger partial charge on any atom is -0.496 e. The summed E-state index contributed by atoms with van der Waals surface area (Å²) >= 11 is 0. The maximum Gasteiger partial charge on any atom is 0.247 e. The number of para-hydroxylation sites is 2. The summed E-state index contributed by atoms with van der Waals surface area (Å²) in [6.07, 6.45) is 2.42. The Bertz CT molecular complexity index is 1130. The van der Waals surface area contributed by atoms with Gasteiger partial charge in [-0.1, -0.05) is 36.4 Å². The standard InChI is InChI=1S/C18H21N3O5S2/c1-26-18-11-7-5-9-14(18)17-12-16(19-21(17)28(3,24)25)13-8-4-6-10-15(13)20-27(2,22)23/h4-11,17,20H,12H2,1-3H3/t17-/m1/s1. The molecule has 2 aromatic rings. The van der Waals surface area contributed by atoms with Crippen molar-refractivity contribution in [2.45, 2.75) is 12.5 Å². The third-order valence-corrected chi connectivity index (χ3v) is 5.85. The number of hydrogen-bond acceptors (Lipinski definition) is 6. The van der Waals surface area contributed by atoms with E-state index < -0.39 is 26.1 Å². The molecule has 8 nitrogen and oxygen atoms in total. The van der Waals surface area contributed by atoms with Gasteiger partial charge in [-0.15, -0.1) is 0 Å². The van der Waals surface area contributed by atoms with Crippen molar-refractivity contribution in [1.82, 2.24) is 4.41 Å². The van der Waals surface area contributed by atoms with Gasteiger partial charge in [0.05, 0.1) is 37.1 Å². The van der Waals surface area contributed by atoms with E-state index in [1.165, 1.54) is 7.11 Å². The molecule has 2 aromatic carbocycles. The molecule has 1 aliphatic rings. The smallest absolute Gasteiger partial charge is 0.247 e. The summed E-state index contributed by atoms with van der Waals surface area (Å²) in [4.78, 5) is 0. The lowest BCUT2D eigenvalue weighted by molar-refractivity contribution is 0.352. The first kappa shape index (κ1) is 20.2. The number of methoxy groups -OCH3 is 1. The number of rotatable bonds is 6. The molecule has 0 unspecified atom stereocenters. The Balaban J connectivity index is 2.08. The van der Waals surface area contributed by atoms with Gasteiger partial charge in [0, 0.05) is 17.5 Å². The Morgan fingerprint density at radius 2 is 1.68 bits per heavy atom. The Morgan fingerprint density at radius 1 is 1.04 bits per heavy atom. The van der Waals surface area contributed by atoms with Crippen molar-refractivity contribution in [2.75, 3.05) is 24.3 Å². The molecule has 3 rings (SSSR count). The Labute approximate surface area is 164 Å². The third kappa shape index (κ3) is 4.28. The molecular formula is C18H21N3O5S2. The Morgan fingerprint density at radius 3 is 2.32 bits per heavy atom. The van der Waals surface area contributed by atoms with E-state index in [0.29, 0.717) is 28.3 Å². The fourth-order valence-electron chi connectivity index (χ4n) is 3.15. The van der Waals surface area contributed by atoms with Crippen LogP contribution in [0.5, 0.6) is 5.75 Å². The second-order valence-electron chi connectivity index (χ2n) is 6.46. The lowest BCUT2D eigenvalue weighted by Gasteiger charge is -2.23. The molecule has 0 amide bonds. The molecule has 0 aliphatic carbocycles. The lowest BCUT2D eigenvalue weighted by Crippen LogP contribution is -2.26. The van der Waals surface area contributed by atoms with Gasteiger partial charge in [-0.2, -0.15) is 9.52 Å². The predicted molar refractivity (Wildman–Crippen MR) is 108 cm³/mol. The van der Waals surface area contributed by atoms with Crippen LogP contribution >= 0.6 is 0 Å². The SMILES string of the molecule is COc1ccccc1[C@H]1CC(c2ccccc2NS(C)(=O)=O)=NN1S(C)(=O)=O. The average molecular weight is 424 g/mol. The summed E-state index contributed by atoms with van der Waals surface area (Å²) in [7, 11) is -5.65. The molecule has 0 bridgehead atoms. The maximum atomic E-state index is 12.4. The quantitative estimate of drug-likeness (QED) is 0.767. The van der Waals surface area contributed by atoms with E-state index >= 15 is 0 Å². The Kier molecular flexibility index (Phi) is 5.35. The van der Waals surface area contributed by atoms with Crippen molar-refractivity contribution in [1.29, 1.82) is 0 Å². The normalized spacial score (nSPS) is 17.3. The van der Waals surface area contributed by atoms with Gasteiger partial charge in [-0.05, 0) is 12.1 Å². The molecule has 28 heavy (non-hydrogen) atoms. The molecular weight excluding hydrogens is 402 g/mol. The second kappa shape index (κ2) is 7.44. The van der Waals surface area contributed by atoms with Crippen LogP contribution in [0.1, 0.15) is 23.6 Å². The van der Waals surface area contributed by atoms with Crippen LogP contribution in [0.2, 0.25) is 0 Å². The van der Waals surface area contributed by atoms with Crippen molar-refractivity contribution in [3.8, 4) is 5.75 Å². The molecule has 0 saturated heterocycles. The highest BCUT2D eigenvalue weighted by molar-refractivity contribution is 7.92. The first-order valence-corrected chi connectivity index (χ1v) is 12.1. The van der Waals surface area contributed by atoms with Gasteiger partial charge in [-0.3, -0.25) is 4.72 Å². The van der Waals surface area contributed by atoms with Crippen LogP contribution in [0.4, 0.5) is 5.69 Å². The van der Waals surface area contributed by atoms with Crippen LogP contribution in [0.3, 0.4) is 0 Å². The highest BCUT2D eigenvalue weighted by Crippen LogP contribution is 2.39. The van der Waals surface area contributed by atoms with E-state index in [9.17, 15) is 16.8 Å². The molecule has 1 aliphatic heterocycles. The summed E-state index contributed by atoms with van der Waals surface area (Å²) < 4.78 is 57.0. The van der Waals surface area contributed by atoms with Crippen molar-refractivity contribution in [3.05, 3.63) is 59.7 Å². The number of hydrogen-bond donors (Lipinski definition) is 1. The van der Waals surface area contributed by atoms with Crippen LogP contribution in [-0.2, 0) is 20.0 Å². The summed E-state index contributed by atoms with van der Waals surface area (Å²) in [5.74, 6) is 0.556. The number of nitrogens with one attached hydrogen (secondary N) is 1. The molecule has 0 spiro atoms. The lowest BCUT2D eigenvalue weighted by atomic mass is 9.97. The van der Waals surface area contributed by atoms with Crippen molar-refractivity contribution < 1.29 is 21.6 Å². The molecule has 1 heterocycles. The first-order chi connectivity index (χ1) is 13.1. The fraction of sp³-hybridized carbons (Fsp3) is 0.278. The second-order valence-corrected chi connectivity index (χ2v) is 10.1. The predicted octanol–water partition coefficient (Wildman–Crippen LogP) is 2.18. The molecule has 0 radical (unpaired) electrons. The van der Waals surface area contributed by atoms with Crippen LogP contribution in [0, 0.1) is 0 Å². The molecule has 0 saturated carbocycles. The number of benzene rings is 2. The highest BCUT2D eigenvalue weighted by Gasteiger charge is 2.36. The average Bonchev–Trinajstić information content (AvgIpc) is 3.06. The van der Waals surface area contributed by atoms with Crippen molar-refractivity contribution >= 4 is 31.4 Å². The third-order valence-electron chi connectivity index (χ3n) is 4.24. The number of anilines is 1. The van der Waals surface area contributed by atoms with E-state index in [-0.39, 0.29) is 6.42 Å². The summed E-state index contributed by atoms with van der Waals surface area (Å²) in [6.45, 7) is 0. The van der Waals surface area contributed by atoms with E-state index in [1.54, 1.807) is 48.5 Å². The zero-order valence-corrected chi connectivity index (χ0v) is 17.3. The zero-order valence-electron chi connectivity index (χ0n) is 15.7. The Hall–Kier alpha value is -2.59. The molecule has 150 valence electrons. The summed E-state index contributed by atoms with van der Waals surface area (Å²) in [6, 6.07) is 13.3. The van der Waals surface area contributed by atoms with Gasteiger partial charge < -0.3 is 4.74 Å². The van der Waals surface area contributed by atoms with Gasteiger partial charge in [0.15, 0.2) is 0 Å². The number of ether oxygens (including phenoxy) is 1. The maximum absolute atomic E-state index is 12.4. The van der Waals surface area contributed by atoms with Crippen LogP contribution in [0.15, 0.2) is 53.6 Å². The topological polar surface area (TPSA) is 105 Å². The van der Waals surface area contributed by atoms with E-state index in [2.05, 4.69) is 9.82 Å². The summed E-state index contributed by atoms with van der Waals surface area (Å²) in [5.41, 5.74) is 2.02. The van der Waals surface area contributed by atoms with Gasteiger partial charge in [0.25, 0.3) is 0 Å². The van der Waals surface area contributed by atoms with E-state index in [0.717, 1.165) is 16.9 Å². The molecule has 10 heteroatoms. The van der Waals surface area contributed by atoms with Crippen LogP contribution in [-0.4, -0.2) is 46.6 Å². The van der Waals surface area contributed by atoms with Crippen molar-refractivity contribution in [3.63, 3.8) is 0 Å². The van der Waals surface area contributed by atoms with Crippen molar-refractivity contribution in [2.24, 2.45) is 5.10 Å². The molecule has 0 aromatic heterocycles. The minimum atomic E-state index is -3.66. The van der Waals surface area contributed by atoms with Gasteiger partial charge in [0.2, 0.25) is 20.0 Å². The van der Waals surface area contributed by atoms with Gasteiger partial charge in [-0.25, -0.2) is 16.8 Å². The highest BCUT2D eigenvalue weighted by atomic mass is 32.2. The number of nitrogens with zero attached hydrogens (tertiary/aromatic N) is 2. The van der Waals surface area contributed by atoms with Gasteiger partial charge >= 0.3 is 0 Å². The van der Waals surface area contributed by atoms with Gasteiger partial charge in [0.1, 0.15) is 5.75 Å². The van der Waals surface area contributed by atoms with E-state index in [4.69, 9.17) is 4.74 Å². The van der Waals surface area contributed by atoms with E-state index in [1.807, 2.05) is 0 Å². The number of hydrazone groups is 1. The molecule has 1 N–H and O–H groups in total. The monoisotopic (exact) mass is 423 g/mol. The zero-order chi connectivity index (χ0) is 20.5. The first-order valence-electron chi connectivity index (χ1n) is 8.37. The van der Waals surface area contributed by atoms with Crippen LogP contribution in [0.25, 0.3) is 0 Å². The number of sulfonamides is 2. The van der Waals surface area contributed by atoms with Crippen LogP contribution < -0.4 is 9.46 Å². The molecule has 0 fully saturated rings. The minimum absolute atomic E-state index is 0.274. The molecule has 1 atom stereocenters.